The maximum atomic E-state index is 9.94. The summed E-state index contributed by atoms with van der Waals surface area (Å²) < 4.78 is 68.9. The van der Waals surface area contributed by atoms with Crippen molar-refractivity contribution in [2.45, 2.75) is 0 Å². The third-order valence-electron chi connectivity index (χ3n) is 11.4. The summed E-state index contributed by atoms with van der Waals surface area (Å²) in [5, 5.41) is 5.85. The molecule has 0 saturated carbocycles. The van der Waals surface area contributed by atoms with Crippen molar-refractivity contribution in [1.29, 1.82) is 0 Å². The van der Waals surface area contributed by atoms with Crippen LogP contribution in [0.15, 0.2) is 249 Å². The van der Waals surface area contributed by atoms with Crippen molar-refractivity contribution < 1.29 is 9.60 Å². The van der Waals surface area contributed by atoms with E-state index in [-0.39, 0.29) is 64.8 Å². The van der Waals surface area contributed by atoms with Crippen LogP contribution in [0.2, 0.25) is 0 Å². The first kappa shape index (κ1) is 29.2. The van der Waals surface area contributed by atoms with E-state index in [0.29, 0.717) is 27.9 Å². The van der Waals surface area contributed by atoms with E-state index in [1.54, 1.807) is 4.90 Å². The number of anilines is 3. The molecule has 0 radical (unpaired) electrons. The summed E-state index contributed by atoms with van der Waals surface area (Å²) in [5.41, 5.74) is 6.96. The van der Waals surface area contributed by atoms with Crippen molar-refractivity contribution in [1.82, 2.24) is 0 Å². The molecule has 0 bridgehead atoms. The minimum atomic E-state index is -0.327. The zero-order valence-electron chi connectivity index (χ0n) is 40.1. The van der Waals surface area contributed by atoms with Crippen molar-refractivity contribution in [3.8, 4) is 55.6 Å². The molecule has 286 valence electrons. The molecule has 0 heterocycles. The fourth-order valence-corrected chi connectivity index (χ4v) is 8.53. The second-order valence-electron chi connectivity index (χ2n) is 15.1. The zero-order valence-corrected chi connectivity index (χ0v) is 33.1. The zero-order chi connectivity index (χ0) is 46.6. The van der Waals surface area contributed by atoms with E-state index in [4.69, 9.17) is 0 Å². The molecule has 0 unspecified atom stereocenters. The Labute approximate surface area is 366 Å². The molecule has 11 aromatic rings. The number of benzene rings is 11. The van der Waals surface area contributed by atoms with Crippen molar-refractivity contribution in [2.24, 2.45) is 0 Å². The van der Waals surface area contributed by atoms with Gasteiger partial charge in [-0.05, 0) is 125 Å². The molecule has 0 aliphatic rings. The summed E-state index contributed by atoms with van der Waals surface area (Å²) in [4.78, 5) is 1.57. The predicted octanol–water partition coefficient (Wildman–Crippen LogP) is 17.0. The van der Waals surface area contributed by atoms with Crippen molar-refractivity contribution >= 4 is 49.4 Å². The highest BCUT2D eigenvalue weighted by atomic mass is 15.1. The van der Waals surface area contributed by atoms with Crippen molar-refractivity contribution in [3.63, 3.8) is 0 Å². The second kappa shape index (κ2) is 15.6. The van der Waals surface area contributed by atoms with Gasteiger partial charge in [0.05, 0.1) is 15.3 Å². The van der Waals surface area contributed by atoms with Crippen LogP contribution < -0.4 is 4.90 Å². The van der Waals surface area contributed by atoms with Crippen LogP contribution in [-0.4, -0.2) is 0 Å². The summed E-state index contributed by atoms with van der Waals surface area (Å²) in [6, 6.07) is 65.0. The van der Waals surface area contributed by atoms with Gasteiger partial charge in [-0.3, -0.25) is 0 Å². The van der Waals surface area contributed by atoms with Crippen molar-refractivity contribution in [2.75, 3.05) is 4.90 Å². The molecule has 61 heavy (non-hydrogen) atoms. The van der Waals surface area contributed by atoms with Gasteiger partial charge in [-0.1, -0.05) is 206 Å². The van der Waals surface area contributed by atoms with Crippen LogP contribution in [0.1, 0.15) is 9.60 Å². The number of fused-ring (bicyclic) bond motifs is 4. The van der Waals surface area contributed by atoms with Gasteiger partial charge in [-0.15, -0.1) is 0 Å². The Hall–Kier alpha value is -8.00. The Balaban J connectivity index is 1.20. The quantitative estimate of drug-likeness (QED) is 0.139. The van der Waals surface area contributed by atoms with E-state index in [9.17, 15) is 9.60 Å². The Morgan fingerprint density at radius 1 is 0.295 bits per heavy atom. The maximum Gasteiger partial charge on any atom is 0.0645 e. The fraction of sp³-hybridized carbons (Fsp3) is 0. The van der Waals surface area contributed by atoms with E-state index >= 15 is 0 Å². The summed E-state index contributed by atoms with van der Waals surface area (Å²) in [7, 11) is 0. The molecule has 11 rings (SSSR count). The lowest BCUT2D eigenvalue weighted by atomic mass is 9.89. The number of hydrogen-bond donors (Lipinski definition) is 0. The van der Waals surface area contributed by atoms with E-state index in [1.165, 1.54) is 0 Å². The first-order chi connectivity index (χ1) is 33.2. The largest absolute Gasteiger partial charge is 0.310 e. The monoisotopic (exact) mass is 782 g/mol. The van der Waals surface area contributed by atoms with Gasteiger partial charge in [0.2, 0.25) is 0 Å². The Morgan fingerprint density at radius 3 is 1.54 bits per heavy atom. The van der Waals surface area contributed by atoms with Gasteiger partial charge in [0.15, 0.2) is 0 Å². The molecule has 11 aromatic carbocycles. The lowest BCUT2D eigenvalue weighted by Gasteiger charge is -2.29. The molecule has 0 N–H and O–H groups in total. The smallest absolute Gasteiger partial charge is 0.0645 e. The lowest BCUT2D eigenvalue weighted by molar-refractivity contribution is 1.28. The van der Waals surface area contributed by atoms with Gasteiger partial charge in [-0.2, -0.15) is 0 Å². The predicted molar refractivity (Wildman–Crippen MR) is 261 cm³/mol. The van der Waals surface area contributed by atoms with Crippen LogP contribution in [-0.2, 0) is 0 Å². The molecule has 0 amide bonds. The van der Waals surface area contributed by atoms with Gasteiger partial charge in [0.1, 0.15) is 0 Å². The van der Waals surface area contributed by atoms with Gasteiger partial charge < -0.3 is 4.90 Å². The van der Waals surface area contributed by atoms with Crippen LogP contribution >= 0.6 is 0 Å². The Kier molecular flexibility index (Phi) is 7.50. The summed E-state index contributed by atoms with van der Waals surface area (Å²) in [5.74, 6) is 0. The fourth-order valence-electron chi connectivity index (χ4n) is 8.53. The highest BCUT2D eigenvalue weighted by Gasteiger charge is 2.20. The number of nitrogens with zero attached hydrogens (tertiary/aromatic N) is 1. The topological polar surface area (TPSA) is 3.24 Å². The van der Waals surface area contributed by atoms with Gasteiger partial charge in [-0.25, -0.2) is 0 Å². The first-order valence-electron chi connectivity index (χ1n) is 23.9. The van der Waals surface area contributed by atoms with E-state index in [0.717, 1.165) is 54.6 Å². The van der Waals surface area contributed by atoms with Gasteiger partial charge >= 0.3 is 0 Å². The second-order valence-corrected chi connectivity index (χ2v) is 15.1. The highest BCUT2D eigenvalue weighted by molar-refractivity contribution is 6.14. The standard InChI is InChI=1S/C60H41N/c1-4-16-42(17-5-1)48-33-39-59(58(40-48)43-18-6-2-7-19-43)61(51-36-30-46(31-37-51)57-41-49-23-11-12-24-52(49)55-26-14-15-27-56(55)57)50-34-28-45(29-35-50)54-38-32-44-20-10-13-25-53(44)60(54)47-21-8-3-9-22-47/h1-41H/i30D,31D,33D,36D,37D,39D,40D. The summed E-state index contributed by atoms with van der Waals surface area (Å²) in [6.45, 7) is 0. The van der Waals surface area contributed by atoms with Crippen LogP contribution in [0.25, 0.3) is 88.0 Å². The summed E-state index contributed by atoms with van der Waals surface area (Å²) in [6.07, 6.45) is 0. The summed E-state index contributed by atoms with van der Waals surface area (Å²) >= 11 is 0. The molecular formula is C60H41N. The van der Waals surface area contributed by atoms with E-state index in [2.05, 4.69) is 36.4 Å². The lowest BCUT2D eigenvalue weighted by Crippen LogP contribution is -2.11. The van der Waals surface area contributed by atoms with E-state index < -0.39 is 0 Å². The molecular weight excluding hydrogens is 735 g/mol. The third-order valence-corrected chi connectivity index (χ3v) is 11.4. The average Bonchev–Trinajstić information content (AvgIpc) is 3.39. The Bertz CT molecular complexity index is 3720. The number of hydrogen-bond acceptors (Lipinski definition) is 1. The molecule has 0 aromatic heterocycles. The maximum absolute atomic E-state index is 9.94. The SMILES string of the molecule is [2H]c1c([2H])c(N(c2ccc(-c3ccc4ccccc4c3-c3ccccc3)cc2)c2c([2H])c([2H])c(-c3cc4ccccc4c4ccccc34)c([2H])c2[2H])c(-c2ccccc2)c([2H])c1-c1ccccc1. The first-order valence-corrected chi connectivity index (χ1v) is 20.4. The van der Waals surface area contributed by atoms with Gasteiger partial charge in [0.25, 0.3) is 0 Å². The average molecular weight is 783 g/mol. The third kappa shape index (κ3) is 6.73. The molecule has 0 atom stereocenters. The molecule has 0 saturated heterocycles. The van der Waals surface area contributed by atoms with Crippen LogP contribution in [0.3, 0.4) is 0 Å². The van der Waals surface area contributed by atoms with E-state index in [1.807, 2.05) is 170 Å². The van der Waals surface area contributed by atoms with Crippen LogP contribution in [0.4, 0.5) is 17.1 Å². The van der Waals surface area contributed by atoms with Crippen molar-refractivity contribution in [3.05, 3.63) is 249 Å². The molecule has 0 aliphatic heterocycles. The number of rotatable bonds is 8. The molecule has 1 nitrogen and oxygen atoms in total. The molecule has 1 heteroatoms. The molecule has 0 aliphatic carbocycles. The van der Waals surface area contributed by atoms with Crippen LogP contribution in [0, 0.1) is 0 Å². The minimum absolute atomic E-state index is 0.00167. The van der Waals surface area contributed by atoms with Gasteiger partial charge in [0, 0.05) is 16.9 Å². The minimum Gasteiger partial charge on any atom is -0.310 e. The Morgan fingerprint density at radius 2 is 0.836 bits per heavy atom. The molecule has 0 fully saturated rings. The highest BCUT2D eigenvalue weighted by Crippen LogP contribution is 2.45. The normalized spacial score (nSPS) is 12.9. The molecule has 0 spiro atoms. The van der Waals surface area contributed by atoms with Crippen LogP contribution in [0.5, 0.6) is 0 Å².